The van der Waals surface area contributed by atoms with Gasteiger partial charge in [-0.25, -0.2) is 4.39 Å². The number of hydrogen-bond donors (Lipinski definition) is 2. The molecule has 5 heteroatoms. The average molecular weight is 260 g/mol. The number of rotatable bonds is 3. The first kappa shape index (κ1) is 12.9. The molecular formula is C14H13FN2O2. The van der Waals surface area contributed by atoms with Crippen LogP contribution in [-0.2, 0) is 0 Å². The molecule has 19 heavy (non-hydrogen) atoms. The summed E-state index contributed by atoms with van der Waals surface area (Å²) in [6.45, 7) is 1.63. The number of primary amides is 1. The Balaban J connectivity index is 2.44. The van der Waals surface area contributed by atoms with Gasteiger partial charge in [-0.1, -0.05) is 12.1 Å². The molecule has 0 aromatic heterocycles. The second-order valence-corrected chi connectivity index (χ2v) is 4.11. The Morgan fingerprint density at radius 1 is 1.21 bits per heavy atom. The maximum atomic E-state index is 13.8. The van der Waals surface area contributed by atoms with Crippen molar-refractivity contribution in [1.29, 1.82) is 0 Å². The predicted octanol–water partition coefficient (Wildman–Crippen LogP) is 2.61. The van der Waals surface area contributed by atoms with Gasteiger partial charge in [0.25, 0.3) is 5.91 Å². The van der Waals surface area contributed by atoms with Gasteiger partial charge in [-0.2, -0.15) is 0 Å². The Labute approximate surface area is 109 Å². The number of nitrogen functional groups attached to an aromatic ring is 1. The lowest BCUT2D eigenvalue weighted by molar-refractivity contribution is 0.0998. The van der Waals surface area contributed by atoms with E-state index in [4.69, 9.17) is 16.2 Å². The number of nitrogens with two attached hydrogens (primary N) is 2. The fourth-order valence-electron chi connectivity index (χ4n) is 1.65. The summed E-state index contributed by atoms with van der Waals surface area (Å²) in [5.74, 6) is -0.955. The van der Waals surface area contributed by atoms with Crippen molar-refractivity contribution in [3.05, 3.63) is 53.3 Å². The number of carbonyl (C=O) groups excluding carboxylic acids is 1. The molecule has 0 heterocycles. The molecule has 2 aromatic carbocycles. The zero-order valence-corrected chi connectivity index (χ0v) is 10.3. The van der Waals surface area contributed by atoms with Crippen LogP contribution < -0.4 is 16.2 Å². The van der Waals surface area contributed by atoms with E-state index in [1.807, 2.05) is 0 Å². The number of benzene rings is 2. The molecule has 2 aromatic rings. The third-order valence-electron chi connectivity index (χ3n) is 2.65. The molecule has 4 N–H and O–H groups in total. The monoisotopic (exact) mass is 260 g/mol. The van der Waals surface area contributed by atoms with E-state index >= 15 is 0 Å². The van der Waals surface area contributed by atoms with Crippen molar-refractivity contribution in [1.82, 2.24) is 0 Å². The van der Waals surface area contributed by atoms with Gasteiger partial charge in [-0.15, -0.1) is 0 Å². The maximum absolute atomic E-state index is 13.8. The van der Waals surface area contributed by atoms with Crippen LogP contribution in [0.1, 0.15) is 15.9 Å². The molecule has 0 aliphatic carbocycles. The van der Waals surface area contributed by atoms with Gasteiger partial charge in [0.1, 0.15) is 5.75 Å². The third kappa shape index (κ3) is 2.65. The zero-order chi connectivity index (χ0) is 14.0. The van der Waals surface area contributed by atoms with Gasteiger partial charge in [0.05, 0.1) is 5.56 Å². The largest absolute Gasteiger partial charge is 0.453 e. The van der Waals surface area contributed by atoms with E-state index in [2.05, 4.69) is 0 Å². The van der Waals surface area contributed by atoms with Gasteiger partial charge in [-0.3, -0.25) is 4.79 Å². The average Bonchev–Trinajstić information content (AvgIpc) is 2.36. The summed E-state index contributed by atoms with van der Waals surface area (Å²) in [4.78, 5) is 11.3. The molecule has 2 rings (SSSR count). The van der Waals surface area contributed by atoms with Crippen LogP contribution in [0.2, 0.25) is 0 Å². The minimum absolute atomic E-state index is 0.0345. The van der Waals surface area contributed by atoms with E-state index < -0.39 is 11.7 Å². The fourth-order valence-corrected chi connectivity index (χ4v) is 1.65. The molecule has 4 nitrogen and oxygen atoms in total. The molecule has 0 saturated heterocycles. The molecule has 0 unspecified atom stereocenters. The van der Waals surface area contributed by atoms with Crippen molar-refractivity contribution >= 4 is 11.6 Å². The first-order valence-electron chi connectivity index (χ1n) is 5.61. The lowest BCUT2D eigenvalue weighted by Crippen LogP contribution is -2.12. The summed E-state index contributed by atoms with van der Waals surface area (Å²) in [5.41, 5.74) is 11.8. The van der Waals surface area contributed by atoms with Crippen molar-refractivity contribution in [2.45, 2.75) is 6.92 Å². The Hall–Kier alpha value is -2.56. The minimum Gasteiger partial charge on any atom is -0.453 e. The minimum atomic E-state index is -0.685. The molecule has 0 atom stereocenters. The van der Waals surface area contributed by atoms with Crippen molar-refractivity contribution in [2.24, 2.45) is 5.73 Å². The fraction of sp³-hybridized carbons (Fsp3) is 0.0714. The molecule has 1 amide bonds. The van der Waals surface area contributed by atoms with Gasteiger partial charge in [0.2, 0.25) is 0 Å². The van der Waals surface area contributed by atoms with E-state index in [0.29, 0.717) is 11.3 Å². The second-order valence-electron chi connectivity index (χ2n) is 4.11. The summed E-state index contributed by atoms with van der Waals surface area (Å²) in [6.07, 6.45) is 0. The topological polar surface area (TPSA) is 78.3 Å². The number of anilines is 1. The summed E-state index contributed by atoms with van der Waals surface area (Å²) in [7, 11) is 0. The molecule has 0 fully saturated rings. The van der Waals surface area contributed by atoms with Crippen LogP contribution in [0.4, 0.5) is 10.1 Å². The van der Waals surface area contributed by atoms with Crippen LogP contribution in [-0.4, -0.2) is 5.91 Å². The van der Waals surface area contributed by atoms with Gasteiger partial charge < -0.3 is 16.2 Å². The maximum Gasteiger partial charge on any atom is 0.252 e. The highest BCUT2D eigenvalue weighted by atomic mass is 19.1. The number of carbonyl (C=O) groups is 1. The number of hydrogen-bond acceptors (Lipinski definition) is 3. The number of amides is 1. The quantitative estimate of drug-likeness (QED) is 0.832. The van der Waals surface area contributed by atoms with E-state index in [1.54, 1.807) is 25.1 Å². The van der Waals surface area contributed by atoms with Gasteiger partial charge in [0, 0.05) is 5.69 Å². The molecule has 0 aliphatic rings. The number of halogens is 1. The van der Waals surface area contributed by atoms with Crippen LogP contribution in [0.25, 0.3) is 0 Å². The highest BCUT2D eigenvalue weighted by Crippen LogP contribution is 2.29. The first-order valence-corrected chi connectivity index (χ1v) is 5.61. The molecule has 0 radical (unpaired) electrons. The van der Waals surface area contributed by atoms with Crippen molar-refractivity contribution < 1.29 is 13.9 Å². The van der Waals surface area contributed by atoms with Crippen LogP contribution in [0.15, 0.2) is 36.4 Å². The predicted molar refractivity (Wildman–Crippen MR) is 70.6 cm³/mol. The second kappa shape index (κ2) is 4.97. The van der Waals surface area contributed by atoms with E-state index in [0.717, 1.165) is 0 Å². The summed E-state index contributed by atoms with van der Waals surface area (Å²) < 4.78 is 19.2. The number of aryl methyl sites for hydroxylation is 1. The molecule has 0 saturated carbocycles. The molecule has 0 spiro atoms. The summed E-state index contributed by atoms with van der Waals surface area (Å²) in [6, 6.07) is 9.19. The lowest BCUT2D eigenvalue weighted by Gasteiger charge is -2.11. The van der Waals surface area contributed by atoms with Crippen LogP contribution >= 0.6 is 0 Å². The Kier molecular flexibility index (Phi) is 3.37. The van der Waals surface area contributed by atoms with E-state index in [-0.39, 0.29) is 17.1 Å². The normalized spacial score (nSPS) is 10.2. The Morgan fingerprint density at radius 2 is 1.95 bits per heavy atom. The molecule has 0 bridgehead atoms. The smallest absolute Gasteiger partial charge is 0.252 e. The standard InChI is InChI=1S/C14H13FN2O2/c1-8-3-2-4-12(13(8)15)19-11-6-5-9(16)7-10(11)14(17)18/h2-7H,16H2,1H3,(H2,17,18). The lowest BCUT2D eigenvalue weighted by atomic mass is 10.1. The molecule has 98 valence electrons. The highest BCUT2D eigenvalue weighted by Gasteiger charge is 2.13. The number of ether oxygens (including phenoxy) is 1. The Morgan fingerprint density at radius 3 is 2.63 bits per heavy atom. The van der Waals surface area contributed by atoms with E-state index in [9.17, 15) is 9.18 Å². The molecule has 0 aliphatic heterocycles. The van der Waals surface area contributed by atoms with Crippen molar-refractivity contribution in [3.63, 3.8) is 0 Å². The molecular weight excluding hydrogens is 247 g/mol. The zero-order valence-electron chi connectivity index (χ0n) is 10.3. The van der Waals surface area contributed by atoms with Crippen LogP contribution in [0, 0.1) is 12.7 Å². The Bertz CT molecular complexity index is 641. The van der Waals surface area contributed by atoms with Gasteiger partial charge in [0.15, 0.2) is 11.6 Å². The first-order chi connectivity index (χ1) is 8.99. The van der Waals surface area contributed by atoms with Gasteiger partial charge >= 0.3 is 0 Å². The summed E-state index contributed by atoms with van der Waals surface area (Å²) >= 11 is 0. The SMILES string of the molecule is Cc1cccc(Oc2ccc(N)cc2C(N)=O)c1F. The highest BCUT2D eigenvalue weighted by molar-refractivity contribution is 5.96. The van der Waals surface area contributed by atoms with E-state index in [1.165, 1.54) is 18.2 Å². The van der Waals surface area contributed by atoms with Crippen LogP contribution in [0.3, 0.4) is 0 Å². The van der Waals surface area contributed by atoms with Crippen LogP contribution in [0.5, 0.6) is 11.5 Å². The third-order valence-corrected chi connectivity index (χ3v) is 2.65. The summed E-state index contributed by atoms with van der Waals surface area (Å²) in [5, 5.41) is 0. The van der Waals surface area contributed by atoms with Gasteiger partial charge in [-0.05, 0) is 36.8 Å². The van der Waals surface area contributed by atoms with Crippen molar-refractivity contribution in [2.75, 3.05) is 5.73 Å². The van der Waals surface area contributed by atoms with Crippen molar-refractivity contribution in [3.8, 4) is 11.5 Å².